The van der Waals surface area contributed by atoms with Crippen LogP contribution in [0.4, 0.5) is 22.2 Å². The molecule has 0 saturated carbocycles. The number of fused-ring (bicyclic) bond motifs is 1. The van der Waals surface area contributed by atoms with E-state index in [1.165, 1.54) is 11.3 Å². The molecule has 0 spiro atoms. The molecule has 1 aromatic carbocycles. The fourth-order valence-corrected chi connectivity index (χ4v) is 4.28. The van der Waals surface area contributed by atoms with Gasteiger partial charge in [-0.15, -0.1) is 11.3 Å². The minimum Gasteiger partial charge on any atom is -0.462 e. The number of thiophene rings is 1. The number of nitrogens with two attached hydrogens (primary N) is 1. The SMILES string of the molecule is CCOC(=O)c1csc2nc(N)nc(N3CCN(C(=O)Nc4ccccc4)CC3)c12. The van der Waals surface area contributed by atoms with Crippen molar-refractivity contribution in [3.63, 3.8) is 0 Å². The second kappa shape index (κ2) is 8.54. The Balaban J connectivity index is 1.52. The fraction of sp³-hybridized carbons (Fsp3) is 0.300. The van der Waals surface area contributed by atoms with Crippen LogP contribution in [0.15, 0.2) is 35.7 Å². The summed E-state index contributed by atoms with van der Waals surface area (Å²) in [5.41, 5.74) is 7.10. The van der Waals surface area contributed by atoms with Gasteiger partial charge < -0.3 is 25.6 Å². The topological polar surface area (TPSA) is 114 Å². The molecule has 0 radical (unpaired) electrons. The predicted octanol–water partition coefficient (Wildman–Crippen LogP) is 2.80. The van der Waals surface area contributed by atoms with Gasteiger partial charge in [0.25, 0.3) is 0 Å². The van der Waals surface area contributed by atoms with Crippen LogP contribution in [0.1, 0.15) is 17.3 Å². The highest BCUT2D eigenvalue weighted by molar-refractivity contribution is 7.17. The summed E-state index contributed by atoms with van der Waals surface area (Å²) in [7, 11) is 0. The van der Waals surface area contributed by atoms with Crippen LogP contribution >= 0.6 is 11.3 Å². The Morgan fingerprint density at radius 2 is 1.90 bits per heavy atom. The number of nitrogens with zero attached hydrogens (tertiary/aromatic N) is 4. The minimum absolute atomic E-state index is 0.143. The normalized spacial score (nSPS) is 14.0. The first kappa shape index (κ1) is 19.9. The third-order valence-electron chi connectivity index (χ3n) is 4.82. The Morgan fingerprint density at radius 1 is 1.17 bits per heavy atom. The maximum absolute atomic E-state index is 12.5. The Hall–Kier alpha value is -3.40. The number of carbonyl (C=O) groups excluding carboxylic acids is 2. The van der Waals surface area contributed by atoms with Crippen LogP contribution in [0.5, 0.6) is 0 Å². The van der Waals surface area contributed by atoms with Crippen LogP contribution in [-0.4, -0.2) is 59.7 Å². The zero-order chi connectivity index (χ0) is 21.1. The fourth-order valence-electron chi connectivity index (χ4n) is 3.37. The Kier molecular flexibility index (Phi) is 5.66. The lowest BCUT2D eigenvalue weighted by Crippen LogP contribution is -2.50. The monoisotopic (exact) mass is 426 g/mol. The predicted molar refractivity (Wildman–Crippen MR) is 117 cm³/mol. The molecule has 3 aromatic rings. The molecule has 2 aromatic heterocycles. The summed E-state index contributed by atoms with van der Waals surface area (Å²) in [5, 5.41) is 5.28. The molecule has 4 rings (SSSR count). The van der Waals surface area contributed by atoms with Crippen molar-refractivity contribution in [3.8, 4) is 0 Å². The summed E-state index contributed by atoms with van der Waals surface area (Å²) in [4.78, 5) is 38.0. The number of para-hydroxylation sites is 1. The van der Waals surface area contributed by atoms with Crippen molar-refractivity contribution in [2.24, 2.45) is 0 Å². The molecule has 3 heterocycles. The van der Waals surface area contributed by atoms with Crippen molar-refractivity contribution >= 4 is 51.0 Å². The van der Waals surface area contributed by atoms with Gasteiger partial charge in [0.15, 0.2) is 0 Å². The Bertz CT molecular complexity index is 1060. The van der Waals surface area contributed by atoms with Crippen molar-refractivity contribution in [1.29, 1.82) is 0 Å². The van der Waals surface area contributed by atoms with Gasteiger partial charge in [-0.1, -0.05) is 18.2 Å². The standard InChI is InChI=1S/C20H22N6O3S/c1-2-29-18(27)14-12-30-17-15(14)16(23-19(21)24-17)25-8-10-26(11-9-25)20(28)22-13-6-4-3-5-7-13/h3-7,12H,2,8-11H2,1H3,(H,22,28)(H2,21,23,24). The highest BCUT2D eigenvalue weighted by Crippen LogP contribution is 2.33. The molecule has 1 aliphatic rings. The molecule has 30 heavy (non-hydrogen) atoms. The van der Waals surface area contributed by atoms with E-state index < -0.39 is 5.97 Å². The summed E-state index contributed by atoms with van der Waals surface area (Å²) in [5.74, 6) is 0.350. The van der Waals surface area contributed by atoms with Crippen LogP contribution < -0.4 is 16.0 Å². The second-order valence-corrected chi connectivity index (χ2v) is 7.58. The molecular formula is C20H22N6O3S. The van der Waals surface area contributed by atoms with Gasteiger partial charge in [0.2, 0.25) is 5.95 Å². The number of nitrogen functional groups attached to an aromatic ring is 1. The number of hydrogen-bond donors (Lipinski definition) is 2. The molecule has 9 nitrogen and oxygen atoms in total. The van der Waals surface area contributed by atoms with Crippen LogP contribution in [-0.2, 0) is 4.74 Å². The van der Waals surface area contributed by atoms with E-state index in [1.807, 2.05) is 35.2 Å². The molecule has 156 valence electrons. The number of nitrogens with one attached hydrogen (secondary N) is 1. The average Bonchev–Trinajstić information content (AvgIpc) is 3.18. The zero-order valence-electron chi connectivity index (χ0n) is 16.5. The number of anilines is 3. The molecule has 0 atom stereocenters. The van der Waals surface area contributed by atoms with Gasteiger partial charge in [-0.2, -0.15) is 4.98 Å². The molecule has 0 bridgehead atoms. The maximum Gasteiger partial charge on any atom is 0.339 e. The molecular weight excluding hydrogens is 404 g/mol. The molecule has 2 amide bonds. The molecule has 0 aliphatic carbocycles. The number of carbonyl (C=O) groups is 2. The number of esters is 1. The lowest BCUT2D eigenvalue weighted by Gasteiger charge is -2.35. The first-order valence-electron chi connectivity index (χ1n) is 9.64. The smallest absolute Gasteiger partial charge is 0.339 e. The first-order chi connectivity index (χ1) is 14.6. The van der Waals surface area contributed by atoms with Crippen molar-refractivity contribution in [1.82, 2.24) is 14.9 Å². The lowest BCUT2D eigenvalue weighted by atomic mass is 10.2. The third kappa shape index (κ3) is 3.99. The van der Waals surface area contributed by atoms with Crippen molar-refractivity contribution in [2.75, 3.05) is 48.7 Å². The number of benzene rings is 1. The third-order valence-corrected chi connectivity index (χ3v) is 5.69. The molecule has 10 heteroatoms. The minimum atomic E-state index is -0.403. The van der Waals surface area contributed by atoms with Gasteiger partial charge in [-0.05, 0) is 19.1 Å². The number of amides is 2. The van der Waals surface area contributed by atoms with Crippen molar-refractivity contribution < 1.29 is 14.3 Å². The molecule has 1 fully saturated rings. The number of aromatic nitrogens is 2. The second-order valence-electron chi connectivity index (χ2n) is 6.73. The van der Waals surface area contributed by atoms with Gasteiger partial charge in [0, 0.05) is 37.2 Å². The highest BCUT2D eigenvalue weighted by atomic mass is 32.1. The van der Waals surface area contributed by atoms with Crippen molar-refractivity contribution in [3.05, 3.63) is 41.3 Å². The number of ether oxygens (including phenoxy) is 1. The molecule has 1 aliphatic heterocycles. The van der Waals surface area contributed by atoms with E-state index in [0.29, 0.717) is 47.8 Å². The number of piperazine rings is 1. The van der Waals surface area contributed by atoms with E-state index >= 15 is 0 Å². The quantitative estimate of drug-likeness (QED) is 0.617. The molecule has 1 saturated heterocycles. The highest BCUT2D eigenvalue weighted by Gasteiger charge is 2.27. The van der Waals surface area contributed by atoms with Gasteiger partial charge in [-0.25, -0.2) is 14.6 Å². The van der Waals surface area contributed by atoms with Gasteiger partial charge in [0.1, 0.15) is 10.6 Å². The zero-order valence-corrected chi connectivity index (χ0v) is 17.3. The summed E-state index contributed by atoms with van der Waals surface area (Å²) in [6.45, 7) is 4.21. The van der Waals surface area contributed by atoms with Crippen LogP contribution in [0, 0.1) is 0 Å². The summed E-state index contributed by atoms with van der Waals surface area (Å²) < 4.78 is 5.17. The van der Waals surface area contributed by atoms with Crippen LogP contribution in [0.25, 0.3) is 10.2 Å². The van der Waals surface area contributed by atoms with E-state index in [4.69, 9.17) is 10.5 Å². The average molecular weight is 427 g/mol. The van der Waals surface area contributed by atoms with E-state index in [-0.39, 0.29) is 18.6 Å². The number of rotatable bonds is 4. The van der Waals surface area contributed by atoms with E-state index in [0.717, 1.165) is 5.69 Å². The van der Waals surface area contributed by atoms with E-state index in [2.05, 4.69) is 15.3 Å². The Morgan fingerprint density at radius 3 is 2.60 bits per heavy atom. The van der Waals surface area contributed by atoms with E-state index in [9.17, 15) is 9.59 Å². The largest absolute Gasteiger partial charge is 0.462 e. The van der Waals surface area contributed by atoms with Crippen molar-refractivity contribution in [2.45, 2.75) is 6.92 Å². The Labute approximate surface area is 177 Å². The number of hydrogen-bond acceptors (Lipinski definition) is 8. The van der Waals surface area contributed by atoms with Gasteiger partial charge in [-0.3, -0.25) is 0 Å². The summed E-state index contributed by atoms with van der Waals surface area (Å²) >= 11 is 1.33. The van der Waals surface area contributed by atoms with Crippen LogP contribution in [0.2, 0.25) is 0 Å². The summed E-state index contributed by atoms with van der Waals surface area (Å²) in [6, 6.07) is 9.21. The van der Waals surface area contributed by atoms with Gasteiger partial charge in [0.05, 0.1) is 17.6 Å². The molecule has 0 unspecified atom stereocenters. The first-order valence-corrected chi connectivity index (χ1v) is 10.5. The van der Waals surface area contributed by atoms with Gasteiger partial charge >= 0.3 is 12.0 Å². The maximum atomic E-state index is 12.5. The van der Waals surface area contributed by atoms with Crippen LogP contribution in [0.3, 0.4) is 0 Å². The van der Waals surface area contributed by atoms with E-state index in [1.54, 1.807) is 17.2 Å². The number of urea groups is 1. The lowest BCUT2D eigenvalue weighted by molar-refractivity contribution is 0.0529. The summed E-state index contributed by atoms with van der Waals surface area (Å²) in [6.07, 6.45) is 0. The molecule has 3 N–H and O–H groups in total.